The number of unbranched alkanes of at least 4 members (excludes halogenated alkanes) is 3. The molecule has 0 aromatic rings. The van der Waals surface area contributed by atoms with E-state index in [2.05, 4.69) is 0 Å². The standard InChI is InChI=1S/C9H21N3O/c10-8(7-13)5-3-1-2-4-6-9(11)12/h8,13H,1-7,10H2,(H3,11,12). The normalized spacial score (nSPS) is 12.8. The summed E-state index contributed by atoms with van der Waals surface area (Å²) in [5, 5.41) is 15.6. The molecule has 0 aliphatic carbocycles. The smallest absolute Gasteiger partial charge is 0.0905 e. The van der Waals surface area contributed by atoms with E-state index in [1.165, 1.54) is 0 Å². The third kappa shape index (κ3) is 9.30. The SMILES string of the molecule is N=C(N)CCCCCCC(N)CO. The molecule has 13 heavy (non-hydrogen) atoms. The summed E-state index contributed by atoms with van der Waals surface area (Å²) in [6, 6.07) is -0.0622. The number of aliphatic hydroxyl groups excluding tert-OH is 1. The molecular weight excluding hydrogens is 166 g/mol. The third-order valence-corrected chi connectivity index (χ3v) is 2.01. The predicted octanol–water partition coefficient (Wildman–Crippen LogP) is 0.583. The number of nitrogens with two attached hydrogens (primary N) is 2. The fourth-order valence-electron chi connectivity index (χ4n) is 1.17. The number of aliphatic hydroxyl groups is 1. The molecule has 0 heterocycles. The van der Waals surface area contributed by atoms with Gasteiger partial charge in [0.05, 0.1) is 12.4 Å². The van der Waals surface area contributed by atoms with Gasteiger partial charge in [0.25, 0.3) is 0 Å². The molecule has 0 aromatic heterocycles. The van der Waals surface area contributed by atoms with Crippen LogP contribution in [0.5, 0.6) is 0 Å². The van der Waals surface area contributed by atoms with E-state index in [-0.39, 0.29) is 18.5 Å². The van der Waals surface area contributed by atoms with Gasteiger partial charge in [-0.25, -0.2) is 0 Å². The van der Waals surface area contributed by atoms with E-state index in [1.807, 2.05) is 0 Å². The molecule has 4 heteroatoms. The van der Waals surface area contributed by atoms with Crippen molar-refractivity contribution in [1.29, 1.82) is 5.41 Å². The van der Waals surface area contributed by atoms with Gasteiger partial charge in [0.1, 0.15) is 0 Å². The quantitative estimate of drug-likeness (QED) is 0.254. The van der Waals surface area contributed by atoms with Crippen LogP contribution in [0.4, 0.5) is 0 Å². The lowest BCUT2D eigenvalue weighted by molar-refractivity contribution is 0.257. The Morgan fingerprint density at radius 1 is 1.23 bits per heavy atom. The Labute approximate surface area is 79.8 Å². The fourth-order valence-corrected chi connectivity index (χ4v) is 1.17. The molecule has 0 spiro atoms. The van der Waals surface area contributed by atoms with E-state index in [1.54, 1.807) is 0 Å². The molecule has 0 radical (unpaired) electrons. The average Bonchev–Trinajstić information content (AvgIpc) is 2.10. The maximum absolute atomic E-state index is 8.64. The molecule has 78 valence electrons. The molecule has 0 amide bonds. The second-order valence-corrected chi connectivity index (χ2v) is 3.42. The first-order valence-corrected chi connectivity index (χ1v) is 4.86. The van der Waals surface area contributed by atoms with Crippen molar-refractivity contribution in [3.05, 3.63) is 0 Å². The van der Waals surface area contributed by atoms with Gasteiger partial charge in [-0.2, -0.15) is 0 Å². The second kappa shape index (κ2) is 8.01. The fraction of sp³-hybridized carbons (Fsp3) is 0.889. The van der Waals surface area contributed by atoms with Crippen LogP contribution in [0.3, 0.4) is 0 Å². The van der Waals surface area contributed by atoms with Crippen molar-refractivity contribution in [3.63, 3.8) is 0 Å². The van der Waals surface area contributed by atoms with Crippen molar-refractivity contribution in [1.82, 2.24) is 0 Å². The molecular formula is C9H21N3O. The zero-order chi connectivity index (χ0) is 10.1. The zero-order valence-corrected chi connectivity index (χ0v) is 8.13. The molecule has 0 aliphatic heterocycles. The van der Waals surface area contributed by atoms with Crippen molar-refractivity contribution < 1.29 is 5.11 Å². The molecule has 0 saturated heterocycles. The molecule has 6 N–H and O–H groups in total. The van der Waals surface area contributed by atoms with E-state index >= 15 is 0 Å². The van der Waals surface area contributed by atoms with Gasteiger partial charge in [-0.05, 0) is 12.8 Å². The number of hydrogen-bond donors (Lipinski definition) is 4. The molecule has 1 atom stereocenters. The van der Waals surface area contributed by atoms with E-state index in [4.69, 9.17) is 22.0 Å². The van der Waals surface area contributed by atoms with E-state index in [0.717, 1.165) is 32.1 Å². The van der Waals surface area contributed by atoms with Crippen LogP contribution in [0, 0.1) is 5.41 Å². The van der Waals surface area contributed by atoms with Gasteiger partial charge < -0.3 is 16.6 Å². The first kappa shape index (κ1) is 12.4. The molecule has 0 saturated carbocycles. The Hall–Kier alpha value is -0.610. The highest BCUT2D eigenvalue weighted by Crippen LogP contribution is 2.06. The van der Waals surface area contributed by atoms with Crippen molar-refractivity contribution in [3.8, 4) is 0 Å². The maximum atomic E-state index is 8.64. The minimum absolute atomic E-state index is 0.0622. The average molecular weight is 187 g/mol. The molecule has 0 aliphatic rings. The summed E-state index contributed by atoms with van der Waals surface area (Å²) >= 11 is 0. The first-order valence-electron chi connectivity index (χ1n) is 4.86. The summed E-state index contributed by atoms with van der Waals surface area (Å²) in [5.74, 6) is 0.270. The largest absolute Gasteiger partial charge is 0.395 e. The summed E-state index contributed by atoms with van der Waals surface area (Å²) in [6.45, 7) is 0.0768. The summed E-state index contributed by atoms with van der Waals surface area (Å²) in [7, 11) is 0. The summed E-state index contributed by atoms with van der Waals surface area (Å²) in [6.07, 6.45) is 5.84. The monoisotopic (exact) mass is 187 g/mol. The molecule has 0 rings (SSSR count). The Kier molecular flexibility index (Phi) is 7.63. The minimum atomic E-state index is -0.0622. The lowest BCUT2D eigenvalue weighted by Crippen LogP contribution is -2.23. The number of amidine groups is 1. The number of nitrogens with one attached hydrogen (secondary N) is 1. The number of rotatable bonds is 8. The maximum Gasteiger partial charge on any atom is 0.0905 e. The van der Waals surface area contributed by atoms with Crippen LogP contribution in [0.25, 0.3) is 0 Å². The lowest BCUT2D eigenvalue weighted by Gasteiger charge is -2.06. The van der Waals surface area contributed by atoms with Crippen LogP contribution in [0.1, 0.15) is 38.5 Å². The van der Waals surface area contributed by atoms with Crippen LogP contribution in [0.15, 0.2) is 0 Å². The van der Waals surface area contributed by atoms with Crippen LogP contribution in [-0.4, -0.2) is 23.6 Å². The van der Waals surface area contributed by atoms with E-state index < -0.39 is 0 Å². The molecule has 0 bridgehead atoms. The van der Waals surface area contributed by atoms with Gasteiger partial charge in [0.2, 0.25) is 0 Å². The van der Waals surface area contributed by atoms with E-state index in [9.17, 15) is 0 Å². The molecule has 4 nitrogen and oxygen atoms in total. The first-order chi connectivity index (χ1) is 6.16. The topological polar surface area (TPSA) is 96.1 Å². The van der Waals surface area contributed by atoms with Crippen molar-refractivity contribution in [2.75, 3.05) is 6.61 Å². The van der Waals surface area contributed by atoms with Crippen molar-refractivity contribution >= 4 is 5.84 Å². The van der Waals surface area contributed by atoms with Gasteiger partial charge in [-0.3, -0.25) is 5.41 Å². The Morgan fingerprint density at radius 2 is 1.85 bits per heavy atom. The second-order valence-electron chi connectivity index (χ2n) is 3.42. The summed E-state index contributed by atoms with van der Waals surface area (Å²) < 4.78 is 0. The molecule has 1 unspecified atom stereocenters. The predicted molar refractivity (Wildman–Crippen MR) is 54.7 cm³/mol. The molecule has 0 fully saturated rings. The van der Waals surface area contributed by atoms with Gasteiger partial charge >= 0.3 is 0 Å². The van der Waals surface area contributed by atoms with Gasteiger partial charge in [0.15, 0.2) is 0 Å². The van der Waals surface area contributed by atoms with Gasteiger partial charge in [-0.1, -0.05) is 19.3 Å². The highest BCUT2D eigenvalue weighted by Gasteiger charge is 1.99. The van der Waals surface area contributed by atoms with Crippen molar-refractivity contribution in [2.24, 2.45) is 11.5 Å². The Balaban J connectivity index is 3.04. The summed E-state index contributed by atoms with van der Waals surface area (Å²) in [5.41, 5.74) is 10.7. The minimum Gasteiger partial charge on any atom is -0.395 e. The Bertz CT molecular complexity index is 139. The van der Waals surface area contributed by atoms with Gasteiger partial charge in [-0.15, -0.1) is 0 Å². The zero-order valence-electron chi connectivity index (χ0n) is 8.13. The van der Waals surface area contributed by atoms with Crippen LogP contribution in [0.2, 0.25) is 0 Å². The third-order valence-electron chi connectivity index (χ3n) is 2.01. The van der Waals surface area contributed by atoms with Crippen LogP contribution < -0.4 is 11.5 Å². The highest BCUT2D eigenvalue weighted by atomic mass is 16.3. The van der Waals surface area contributed by atoms with Gasteiger partial charge in [0, 0.05) is 12.5 Å². The van der Waals surface area contributed by atoms with Crippen LogP contribution in [-0.2, 0) is 0 Å². The van der Waals surface area contributed by atoms with Crippen molar-refractivity contribution in [2.45, 2.75) is 44.6 Å². The molecule has 0 aromatic carbocycles. The Morgan fingerprint density at radius 3 is 2.38 bits per heavy atom. The lowest BCUT2D eigenvalue weighted by atomic mass is 10.1. The van der Waals surface area contributed by atoms with Crippen LogP contribution >= 0.6 is 0 Å². The highest BCUT2D eigenvalue weighted by molar-refractivity contribution is 5.76. The summed E-state index contributed by atoms with van der Waals surface area (Å²) in [4.78, 5) is 0. The van der Waals surface area contributed by atoms with E-state index in [0.29, 0.717) is 6.42 Å². The number of hydrogen-bond acceptors (Lipinski definition) is 3.